The van der Waals surface area contributed by atoms with Gasteiger partial charge in [-0.3, -0.25) is 4.90 Å². The highest BCUT2D eigenvalue weighted by Crippen LogP contribution is 2.41. The highest BCUT2D eigenvalue weighted by Gasteiger charge is 2.45. The minimum atomic E-state index is -0.691. The van der Waals surface area contributed by atoms with Crippen LogP contribution in [0.1, 0.15) is 61.3 Å². The average molecular weight is 546 g/mol. The van der Waals surface area contributed by atoms with E-state index in [1.54, 1.807) is 33.0 Å². The van der Waals surface area contributed by atoms with E-state index in [1.165, 1.54) is 9.42 Å². The number of carbonyl (C=O) groups excluding carboxylic acids is 2. The maximum absolute atomic E-state index is 13.2. The average Bonchev–Trinajstić information content (AvgIpc) is 2.96. The van der Waals surface area contributed by atoms with E-state index >= 15 is 0 Å². The molecule has 0 bridgehead atoms. The SMILES string of the molecule is CC(C)(C)OC(=O)OC1(C)CC(COC(=O)N(c2cc(Cl)nc3c(Br)cnn23)C(C)(C)C)C1. The van der Waals surface area contributed by atoms with Gasteiger partial charge in [0.15, 0.2) is 5.65 Å². The van der Waals surface area contributed by atoms with E-state index in [-0.39, 0.29) is 17.7 Å². The number of rotatable bonds is 4. The van der Waals surface area contributed by atoms with E-state index in [9.17, 15) is 9.59 Å². The van der Waals surface area contributed by atoms with Crippen molar-refractivity contribution >= 4 is 51.2 Å². The second kappa shape index (κ2) is 8.94. The van der Waals surface area contributed by atoms with Crippen molar-refractivity contribution in [1.82, 2.24) is 14.6 Å². The zero-order chi connectivity index (χ0) is 24.8. The van der Waals surface area contributed by atoms with Crippen LogP contribution in [0.2, 0.25) is 5.15 Å². The van der Waals surface area contributed by atoms with Crippen LogP contribution in [0.15, 0.2) is 16.7 Å². The number of hydrogen-bond acceptors (Lipinski definition) is 7. The summed E-state index contributed by atoms with van der Waals surface area (Å²) in [7, 11) is 0. The molecule has 0 aromatic carbocycles. The van der Waals surface area contributed by atoms with Crippen LogP contribution in [0, 0.1) is 5.92 Å². The van der Waals surface area contributed by atoms with Crippen molar-refractivity contribution < 1.29 is 23.8 Å². The van der Waals surface area contributed by atoms with E-state index in [0.717, 1.165) is 0 Å². The fourth-order valence-corrected chi connectivity index (χ4v) is 4.38. The molecule has 1 amide bonds. The molecule has 1 aliphatic rings. The molecule has 182 valence electrons. The van der Waals surface area contributed by atoms with Crippen molar-refractivity contribution in [2.24, 2.45) is 5.92 Å². The fraction of sp³-hybridized carbons (Fsp3) is 0.636. The van der Waals surface area contributed by atoms with E-state index < -0.39 is 29.0 Å². The largest absolute Gasteiger partial charge is 0.509 e. The maximum atomic E-state index is 13.2. The number of ether oxygens (including phenoxy) is 3. The summed E-state index contributed by atoms with van der Waals surface area (Å²) in [6.45, 7) is 13.1. The van der Waals surface area contributed by atoms with E-state index in [2.05, 4.69) is 26.0 Å². The second-order valence-corrected chi connectivity index (χ2v) is 11.8. The first-order chi connectivity index (χ1) is 15.1. The molecule has 0 unspecified atom stereocenters. The lowest BCUT2D eigenvalue weighted by molar-refractivity contribution is -0.118. The zero-order valence-corrected chi connectivity index (χ0v) is 22.3. The van der Waals surface area contributed by atoms with Crippen LogP contribution in [-0.4, -0.2) is 50.2 Å². The Morgan fingerprint density at radius 2 is 1.91 bits per heavy atom. The van der Waals surface area contributed by atoms with Gasteiger partial charge in [0.2, 0.25) is 0 Å². The highest BCUT2D eigenvalue weighted by atomic mass is 79.9. The first kappa shape index (κ1) is 25.6. The van der Waals surface area contributed by atoms with Crippen LogP contribution >= 0.6 is 27.5 Å². The van der Waals surface area contributed by atoms with Gasteiger partial charge in [-0.25, -0.2) is 14.6 Å². The molecule has 1 aliphatic carbocycles. The molecule has 0 atom stereocenters. The number of fused-ring (bicyclic) bond motifs is 1. The number of aromatic nitrogens is 3. The third kappa shape index (κ3) is 6.09. The lowest BCUT2D eigenvalue weighted by Crippen LogP contribution is -2.50. The Bertz CT molecular complexity index is 1050. The van der Waals surface area contributed by atoms with Crippen LogP contribution in [0.5, 0.6) is 0 Å². The van der Waals surface area contributed by atoms with Crippen molar-refractivity contribution in [3.63, 3.8) is 0 Å². The van der Waals surface area contributed by atoms with Gasteiger partial charge in [-0.1, -0.05) is 11.6 Å². The standard InChI is InChI=1S/C22H30BrClN4O5/c1-20(2,3)27(16-8-15(24)26-17-14(23)11-25-28(16)17)18(29)31-12-13-9-22(7,10-13)33-19(30)32-21(4,5)6/h8,11,13H,9-10,12H2,1-7H3. The lowest BCUT2D eigenvalue weighted by Gasteiger charge is -2.44. The second-order valence-electron chi connectivity index (χ2n) is 10.5. The summed E-state index contributed by atoms with van der Waals surface area (Å²) in [5.41, 5.74) is -1.38. The Morgan fingerprint density at radius 1 is 1.27 bits per heavy atom. The van der Waals surface area contributed by atoms with Gasteiger partial charge in [0.25, 0.3) is 0 Å². The molecule has 0 N–H and O–H groups in total. The smallest absolute Gasteiger partial charge is 0.449 e. The Hall–Kier alpha value is -2.07. The summed E-state index contributed by atoms with van der Waals surface area (Å²) in [6.07, 6.45) is 1.52. The van der Waals surface area contributed by atoms with E-state index in [1.807, 2.05) is 27.7 Å². The van der Waals surface area contributed by atoms with E-state index in [4.69, 9.17) is 25.8 Å². The molecule has 9 nitrogen and oxygen atoms in total. The molecule has 0 saturated heterocycles. The third-order valence-corrected chi connectivity index (χ3v) is 5.82. The minimum absolute atomic E-state index is 0.0723. The summed E-state index contributed by atoms with van der Waals surface area (Å²) >= 11 is 9.62. The monoisotopic (exact) mass is 544 g/mol. The predicted octanol–water partition coefficient (Wildman–Crippen LogP) is 6.01. The van der Waals surface area contributed by atoms with Crippen LogP contribution in [0.4, 0.5) is 15.4 Å². The summed E-state index contributed by atoms with van der Waals surface area (Å²) in [6, 6.07) is 1.58. The van der Waals surface area contributed by atoms with E-state index in [0.29, 0.717) is 28.8 Å². The summed E-state index contributed by atoms with van der Waals surface area (Å²) < 4.78 is 18.6. The molecule has 11 heteroatoms. The van der Waals surface area contributed by atoms with Gasteiger partial charge in [0.05, 0.1) is 17.3 Å². The number of anilines is 1. The molecule has 1 saturated carbocycles. The summed E-state index contributed by atoms with van der Waals surface area (Å²) in [5.74, 6) is 0.517. The fourth-order valence-electron chi connectivity index (χ4n) is 3.85. The minimum Gasteiger partial charge on any atom is -0.449 e. The Morgan fingerprint density at radius 3 is 2.48 bits per heavy atom. The molecule has 0 spiro atoms. The third-order valence-electron chi connectivity index (χ3n) is 5.06. The van der Waals surface area contributed by atoms with Crippen molar-refractivity contribution in [2.45, 2.75) is 78.0 Å². The molecular weight excluding hydrogens is 516 g/mol. The summed E-state index contributed by atoms with van der Waals surface area (Å²) in [4.78, 5) is 30.9. The highest BCUT2D eigenvalue weighted by molar-refractivity contribution is 9.10. The molecule has 3 rings (SSSR count). The molecule has 2 aromatic heterocycles. The topological polar surface area (TPSA) is 95.3 Å². The van der Waals surface area contributed by atoms with Gasteiger partial charge in [0, 0.05) is 17.5 Å². The molecule has 2 heterocycles. The first-order valence-electron chi connectivity index (χ1n) is 10.7. The molecule has 0 aliphatic heterocycles. The van der Waals surface area contributed by atoms with Gasteiger partial charge in [-0.15, -0.1) is 0 Å². The van der Waals surface area contributed by atoms with Gasteiger partial charge in [-0.05, 0) is 77.2 Å². The molecule has 33 heavy (non-hydrogen) atoms. The van der Waals surface area contributed by atoms with Crippen LogP contribution in [0.3, 0.4) is 0 Å². The lowest BCUT2D eigenvalue weighted by atomic mass is 9.72. The summed E-state index contributed by atoms with van der Waals surface area (Å²) in [5, 5.41) is 4.54. The van der Waals surface area contributed by atoms with Crippen LogP contribution < -0.4 is 4.90 Å². The molecular formula is C22H30BrClN4O5. The predicted molar refractivity (Wildman–Crippen MR) is 128 cm³/mol. The Balaban J connectivity index is 1.66. The molecule has 0 radical (unpaired) electrons. The Kier molecular flexibility index (Phi) is 6.92. The van der Waals surface area contributed by atoms with Crippen molar-refractivity contribution in [2.75, 3.05) is 11.5 Å². The van der Waals surface area contributed by atoms with Crippen LogP contribution in [0.25, 0.3) is 5.65 Å². The number of hydrogen-bond donors (Lipinski definition) is 0. The normalized spacial score (nSPS) is 20.8. The van der Waals surface area contributed by atoms with Gasteiger partial charge in [-0.2, -0.15) is 9.61 Å². The zero-order valence-electron chi connectivity index (χ0n) is 19.9. The van der Waals surface area contributed by atoms with Crippen molar-refractivity contribution in [3.8, 4) is 0 Å². The van der Waals surface area contributed by atoms with Crippen molar-refractivity contribution in [3.05, 3.63) is 21.9 Å². The number of nitrogens with zero attached hydrogens (tertiary/aromatic N) is 4. The molecule has 2 aromatic rings. The Labute approximate surface area is 206 Å². The van der Waals surface area contributed by atoms with Gasteiger partial charge < -0.3 is 14.2 Å². The molecule has 1 fully saturated rings. The number of amides is 1. The van der Waals surface area contributed by atoms with Gasteiger partial charge in [0.1, 0.15) is 22.2 Å². The number of carbonyl (C=O) groups is 2. The van der Waals surface area contributed by atoms with Gasteiger partial charge >= 0.3 is 12.2 Å². The number of halogens is 2. The quantitative estimate of drug-likeness (QED) is 0.343. The van der Waals surface area contributed by atoms with Crippen LogP contribution in [-0.2, 0) is 14.2 Å². The first-order valence-corrected chi connectivity index (χ1v) is 11.8. The maximum Gasteiger partial charge on any atom is 0.509 e. The van der Waals surface area contributed by atoms with Crippen molar-refractivity contribution in [1.29, 1.82) is 0 Å².